The van der Waals surface area contributed by atoms with E-state index in [2.05, 4.69) is 0 Å². The number of hydrogen-bond donors (Lipinski definition) is 0. The Balaban J connectivity index is 2.54. The van der Waals surface area contributed by atoms with Crippen molar-refractivity contribution in [3.05, 3.63) is 23.8 Å². The van der Waals surface area contributed by atoms with Crippen molar-refractivity contribution in [2.75, 3.05) is 20.3 Å². The minimum atomic E-state index is -0.172. The molecule has 0 aromatic heterocycles. The molecule has 0 aliphatic carbocycles. The Labute approximate surface area is 108 Å². The van der Waals surface area contributed by atoms with Crippen LogP contribution in [-0.2, 0) is 4.74 Å². The first-order valence-electron chi connectivity index (χ1n) is 5.86. The van der Waals surface area contributed by atoms with E-state index in [1.54, 1.807) is 25.3 Å². The molecule has 4 heteroatoms. The van der Waals surface area contributed by atoms with Crippen LogP contribution in [0.3, 0.4) is 0 Å². The van der Waals surface area contributed by atoms with Gasteiger partial charge in [-0.3, -0.25) is 4.79 Å². The summed E-state index contributed by atoms with van der Waals surface area (Å²) in [5, 5.41) is 0. The number of hydrogen-bond acceptors (Lipinski definition) is 4. The Morgan fingerprint density at radius 1 is 1.17 bits per heavy atom. The summed E-state index contributed by atoms with van der Waals surface area (Å²) in [5.41, 5.74) is 0.389. The number of methoxy groups -OCH3 is 1. The molecule has 1 aromatic rings. The summed E-state index contributed by atoms with van der Waals surface area (Å²) in [6.07, 6.45) is 0.773. The highest BCUT2D eigenvalue weighted by atomic mass is 16.5. The number of ether oxygens (including phenoxy) is 3. The summed E-state index contributed by atoms with van der Waals surface area (Å²) in [7, 11) is 1.54. The molecular formula is C14H20O4. The van der Waals surface area contributed by atoms with Crippen LogP contribution in [0, 0.1) is 0 Å². The lowest BCUT2D eigenvalue weighted by Gasteiger charge is -2.19. The second-order valence-corrected chi connectivity index (χ2v) is 4.84. The van der Waals surface area contributed by atoms with Crippen LogP contribution < -0.4 is 9.47 Å². The number of carbonyl (C=O) groups excluding carboxylic acids is 1. The van der Waals surface area contributed by atoms with E-state index in [4.69, 9.17) is 14.2 Å². The van der Waals surface area contributed by atoms with Crippen LogP contribution in [0.15, 0.2) is 18.2 Å². The van der Waals surface area contributed by atoms with Crippen molar-refractivity contribution in [2.24, 2.45) is 0 Å². The van der Waals surface area contributed by atoms with Gasteiger partial charge in [-0.15, -0.1) is 0 Å². The zero-order chi connectivity index (χ0) is 13.6. The van der Waals surface area contributed by atoms with Gasteiger partial charge in [-0.25, -0.2) is 0 Å². The van der Waals surface area contributed by atoms with Crippen LogP contribution in [0.4, 0.5) is 0 Å². The highest BCUT2D eigenvalue weighted by molar-refractivity contribution is 5.76. The van der Waals surface area contributed by atoms with Gasteiger partial charge >= 0.3 is 0 Å². The van der Waals surface area contributed by atoms with Gasteiger partial charge in [0.25, 0.3) is 0 Å². The van der Waals surface area contributed by atoms with E-state index in [0.29, 0.717) is 30.3 Å². The predicted octanol–water partition coefficient (Wildman–Crippen LogP) is 2.70. The maximum absolute atomic E-state index is 10.6. The lowest BCUT2D eigenvalue weighted by atomic mass is 10.2. The van der Waals surface area contributed by atoms with Gasteiger partial charge in [0.15, 0.2) is 11.5 Å². The van der Waals surface area contributed by atoms with E-state index in [-0.39, 0.29) is 5.60 Å². The van der Waals surface area contributed by atoms with E-state index in [1.165, 1.54) is 0 Å². The minimum absolute atomic E-state index is 0.172. The molecule has 0 fully saturated rings. The third-order valence-corrected chi connectivity index (χ3v) is 2.20. The van der Waals surface area contributed by atoms with Gasteiger partial charge in [0.05, 0.1) is 19.3 Å². The monoisotopic (exact) mass is 252 g/mol. The number of aldehydes is 1. The smallest absolute Gasteiger partial charge is 0.161 e. The largest absolute Gasteiger partial charge is 0.493 e. The molecule has 0 atom stereocenters. The molecule has 0 heterocycles. The van der Waals surface area contributed by atoms with Crippen molar-refractivity contribution in [1.82, 2.24) is 0 Å². The maximum atomic E-state index is 10.6. The maximum Gasteiger partial charge on any atom is 0.161 e. The van der Waals surface area contributed by atoms with Gasteiger partial charge in [0, 0.05) is 5.56 Å². The lowest BCUT2D eigenvalue weighted by molar-refractivity contribution is -0.0165. The van der Waals surface area contributed by atoms with Crippen LogP contribution in [0.1, 0.15) is 31.1 Å². The summed E-state index contributed by atoms with van der Waals surface area (Å²) in [5.74, 6) is 1.16. The molecule has 0 aliphatic heterocycles. The molecular weight excluding hydrogens is 232 g/mol. The number of carbonyl (C=O) groups is 1. The Bertz CT molecular complexity index is 393. The molecule has 0 saturated heterocycles. The summed E-state index contributed by atoms with van der Waals surface area (Å²) < 4.78 is 16.3. The van der Waals surface area contributed by atoms with Crippen molar-refractivity contribution in [3.63, 3.8) is 0 Å². The third kappa shape index (κ3) is 4.75. The van der Waals surface area contributed by atoms with E-state index < -0.39 is 0 Å². The van der Waals surface area contributed by atoms with Crippen molar-refractivity contribution in [2.45, 2.75) is 26.4 Å². The van der Waals surface area contributed by atoms with Crippen LogP contribution in [0.2, 0.25) is 0 Å². The summed E-state index contributed by atoms with van der Waals surface area (Å²) in [6, 6.07) is 5.06. The van der Waals surface area contributed by atoms with Crippen LogP contribution in [-0.4, -0.2) is 32.2 Å². The molecule has 0 spiro atoms. The zero-order valence-corrected chi connectivity index (χ0v) is 11.4. The zero-order valence-electron chi connectivity index (χ0n) is 11.4. The lowest BCUT2D eigenvalue weighted by Crippen LogP contribution is -2.22. The SMILES string of the molecule is COc1cc(C=O)ccc1OCCOC(C)(C)C. The first-order valence-corrected chi connectivity index (χ1v) is 5.86. The fourth-order valence-corrected chi connectivity index (χ4v) is 1.38. The molecule has 0 saturated carbocycles. The second kappa shape index (κ2) is 6.40. The topological polar surface area (TPSA) is 44.8 Å². The van der Waals surface area contributed by atoms with Crippen molar-refractivity contribution >= 4 is 6.29 Å². The van der Waals surface area contributed by atoms with E-state index in [0.717, 1.165) is 6.29 Å². The number of rotatable bonds is 6. The summed E-state index contributed by atoms with van der Waals surface area (Å²) in [6.45, 7) is 6.92. The Kier molecular flexibility index (Phi) is 5.16. The predicted molar refractivity (Wildman–Crippen MR) is 69.6 cm³/mol. The first kappa shape index (κ1) is 14.5. The molecule has 0 N–H and O–H groups in total. The van der Waals surface area contributed by atoms with Gasteiger partial charge in [0.1, 0.15) is 12.9 Å². The first-order chi connectivity index (χ1) is 8.46. The van der Waals surface area contributed by atoms with Crippen molar-refractivity contribution in [1.29, 1.82) is 0 Å². The van der Waals surface area contributed by atoms with Crippen molar-refractivity contribution < 1.29 is 19.0 Å². The minimum Gasteiger partial charge on any atom is -0.493 e. The normalized spacial score (nSPS) is 11.1. The molecule has 18 heavy (non-hydrogen) atoms. The molecule has 100 valence electrons. The Morgan fingerprint density at radius 3 is 2.44 bits per heavy atom. The molecule has 0 radical (unpaired) electrons. The molecule has 0 amide bonds. The number of benzene rings is 1. The molecule has 0 aliphatic rings. The van der Waals surface area contributed by atoms with Gasteiger partial charge in [0.2, 0.25) is 0 Å². The van der Waals surface area contributed by atoms with Crippen LogP contribution in [0.25, 0.3) is 0 Å². The van der Waals surface area contributed by atoms with Crippen molar-refractivity contribution in [3.8, 4) is 11.5 Å². The Hall–Kier alpha value is -1.55. The van der Waals surface area contributed by atoms with Gasteiger partial charge in [-0.1, -0.05) is 0 Å². The van der Waals surface area contributed by atoms with Gasteiger partial charge in [-0.2, -0.15) is 0 Å². The molecule has 0 bridgehead atoms. The average molecular weight is 252 g/mol. The van der Waals surface area contributed by atoms with Gasteiger partial charge in [-0.05, 0) is 39.0 Å². The summed E-state index contributed by atoms with van der Waals surface area (Å²) in [4.78, 5) is 10.6. The highest BCUT2D eigenvalue weighted by Crippen LogP contribution is 2.27. The van der Waals surface area contributed by atoms with E-state index >= 15 is 0 Å². The summed E-state index contributed by atoms with van der Waals surface area (Å²) >= 11 is 0. The molecule has 1 rings (SSSR count). The van der Waals surface area contributed by atoms with E-state index in [9.17, 15) is 4.79 Å². The average Bonchev–Trinajstić information content (AvgIpc) is 2.33. The Morgan fingerprint density at radius 2 is 1.89 bits per heavy atom. The molecule has 1 aromatic carbocycles. The molecule has 0 unspecified atom stereocenters. The van der Waals surface area contributed by atoms with Gasteiger partial charge < -0.3 is 14.2 Å². The van der Waals surface area contributed by atoms with E-state index in [1.807, 2.05) is 20.8 Å². The highest BCUT2D eigenvalue weighted by Gasteiger charge is 2.10. The quantitative estimate of drug-likeness (QED) is 0.577. The third-order valence-electron chi connectivity index (χ3n) is 2.20. The second-order valence-electron chi connectivity index (χ2n) is 4.84. The molecule has 4 nitrogen and oxygen atoms in total. The van der Waals surface area contributed by atoms with Crippen LogP contribution >= 0.6 is 0 Å². The fraction of sp³-hybridized carbons (Fsp3) is 0.500. The standard InChI is InChI=1S/C14H20O4/c1-14(2,3)18-8-7-17-12-6-5-11(10-15)9-13(12)16-4/h5-6,9-10H,7-8H2,1-4H3. The fourth-order valence-electron chi connectivity index (χ4n) is 1.38. The van der Waals surface area contributed by atoms with Crippen LogP contribution in [0.5, 0.6) is 11.5 Å².